The van der Waals surface area contributed by atoms with Crippen LogP contribution in [0.5, 0.6) is 0 Å². The molecule has 9 atom stereocenters. The third-order valence-electron chi connectivity index (χ3n) is 13.1. The summed E-state index contributed by atoms with van der Waals surface area (Å²) in [6.07, 6.45) is 8.93. The Bertz CT molecular complexity index is 1580. The predicted octanol–water partition coefficient (Wildman–Crippen LogP) is 5.44. The molecule has 0 aliphatic heterocycles. The molecule has 2 aromatic rings. The number of benzene rings is 2. The van der Waals surface area contributed by atoms with Gasteiger partial charge in [-0.25, -0.2) is 13.1 Å². The fourth-order valence-electron chi connectivity index (χ4n) is 10.8. The minimum absolute atomic E-state index is 0.0760. The first-order chi connectivity index (χ1) is 21.3. The zero-order valence-corrected chi connectivity index (χ0v) is 28.0. The number of aldehydes is 1. The van der Waals surface area contributed by atoms with Crippen LogP contribution < -0.4 is 9.62 Å². The quantitative estimate of drug-likeness (QED) is 0.247. The van der Waals surface area contributed by atoms with Crippen molar-refractivity contribution in [1.82, 2.24) is 4.72 Å². The maximum atomic E-state index is 13.3. The Morgan fingerprint density at radius 3 is 2.47 bits per heavy atom. The van der Waals surface area contributed by atoms with Crippen molar-refractivity contribution >= 4 is 38.7 Å². The maximum Gasteiger partial charge on any atom is 0.264 e. The van der Waals surface area contributed by atoms with Gasteiger partial charge in [0.25, 0.3) is 10.0 Å². The zero-order valence-electron chi connectivity index (χ0n) is 27.2. The fraction of sp³-hybridized carbons (Fsp3) is 0.667. The average molecular weight is 639 g/mol. The summed E-state index contributed by atoms with van der Waals surface area (Å²) in [5, 5.41) is 23.9. The highest BCUT2D eigenvalue weighted by Gasteiger charge is 2.72. The average Bonchev–Trinajstić information content (AvgIpc) is 3.42. The lowest BCUT2D eigenvalue weighted by Gasteiger charge is -2.52. The molecule has 4 fully saturated rings. The van der Waals surface area contributed by atoms with Crippen LogP contribution in [-0.2, 0) is 19.6 Å². The van der Waals surface area contributed by atoms with Crippen LogP contribution in [0.3, 0.4) is 0 Å². The second kappa shape index (κ2) is 11.6. The van der Waals surface area contributed by atoms with Crippen LogP contribution in [0.25, 0.3) is 10.8 Å². The Labute approximate surface area is 268 Å². The Kier molecular flexibility index (Phi) is 8.39. The van der Waals surface area contributed by atoms with Gasteiger partial charge < -0.3 is 19.9 Å². The van der Waals surface area contributed by atoms with Crippen LogP contribution in [0.2, 0.25) is 0 Å². The summed E-state index contributed by atoms with van der Waals surface area (Å²) in [5.41, 5.74) is -0.494. The minimum atomic E-state index is -4.03. The molecule has 0 spiro atoms. The van der Waals surface area contributed by atoms with Gasteiger partial charge in [-0.1, -0.05) is 44.5 Å². The highest BCUT2D eigenvalue weighted by Crippen LogP contribution is 2.72. The molecule has 8 nitrogen and oxygen atoms in total. The van der Waals surface area contributed by atoms with Crippen molar-refractivity contribution in [3.63, 3.8) is 0 Å². The Balaban J connectivity index is 1.07. The van der Waals surface area contributed by atoms with Crippen molar-refractivity contribution in [1.29, 1.82) is 0 Å². The van der Waals surface area contributed by atoms with E-state index in [4.69, 9.17) is 0 Å². The second-order valence-electron chi connectivity index (χ2n) is 15.3. The van der Waals surface area contributed by atoms with Crippen LogP contribution in [0, 0.1) is 40.4 Å². The molecule has 0 heterocycles. The molecule has 0 saturated heterocycles. The number of unbranched alkanes of at least 4 members (excludes halogenated alkanes) is 1. The summed E-state index contributed by atoms with van der Waals surface area (Å²) in [7, 11) is -0.208. The second-order valence-corrected chi connectivity index (χ2v) is 17.0. The first-order valence-electron chi connectivity index (χ1n) is 16.9. The molecule has 4 saturated carbocycles. The third kappa shape index (κ3) is 5.12. The summed E-state index contributed by atoms with van der Waals surface area (Å²) in [4.78, 5) is 27.5. The molecule has 246 valence electrons. The van der Waals surface area contributed by atoms with Crippen LogP contribution >= 0.6 is 0 Å². The number of nitrogens with one attached hydrogen (secondary N) is 1. The van der Waals surface area contributed by atoms with Gasteiger partial charge in [0.2, 0.25) is 5.91 Å². The SMILES string of the molecule is CN(C)c1cccc2c(S(=O)(=O)NC(=O)CCCC[C@H]3CCC4C5C(CC[C@@]43C)[C@@]3(C)CC[C@H](O)C[C@@]3(O)[C@@H]5C=O)cccc12. The molecule has 1 amide bonds. The lowest BCUT2D eigenvalue weighted by atomic mass is 9.54. The fourth-order valence-corrected chi connectivity index (χ4v) is 12.0. The molecule has 4 aliphatic rings. The van der Waals surface area contributed by atoms with Gasteiger partial charge in [0.1, 0.15) is 6.29 Å². The lowest BCUT2D eigenvalue weighted by Crippen LogP contribution is -2.54. The van der Waals surface area contributed by atoms with E-state index in [0.29, 0.717) is 42.4 Å². The molecule has 4 aliphatic carbocycles. The first kappa shape index (κ1) is 32.5. The molecule has 6 rings (SSSR count). The number of fused-ring (bicyclic) bond motifs is 6. The van der Waals surface area contributed by atoms with Crippen LogP contribution in [0.4, 0.5) is 5.69 Å². The number of amides is 1. The van der Waals surface area contributed by atoms with Gasteiger partial charge in [-0.3, -0.25) is 4.79 Å². The summed E-state index contributed by atoms with van der Waals surface area (Å²) in [6.45, 7) is 4.55. The molecule has 0 aromatic heterocycles. The van der Waals surface area contributed by atoms with Gasteiger partial charge in [-0.05, 0) is 92.6 Å². The molecule has 0 bridgehead atoms. The number of nitrogens with zero attached hydrogens (tertiary/aromatic N) is 1. The van der Waals surface area contributed by atoms with E-state index in [-0.39, 0.29) is 28.1 Å². The van der Waals surface area contributed by atoms with E-state index < -0.39 is 33.6 Å². The Morgan fingerprint density at radius 2 is 1.73 bits per heavy atom. The summed E-state index contributed by atoms with van der Waals surface area (Å²) >= 11 is 0. The van der Waals surface area contributed by atoms with Gasteiger partial charge in [-0.15, -0.1) is 0 Å². The highest BCUT2D eigenvalue weighted by atomic mass is 32.2. The number of aliphatic hydroxyl groups is 2. The van der Waals surface area contributed by atoms with E-state index >= 15 is 0 Å². The number of hydrogen-bond acceptors (Lipinski definition) is 7. The molecular formula is C36H50N2O6S. The number of hydrogen-bond donors (Lipinski definition) is 3. The van der Waals surface area contributed by atoms with Gasteiger partial charge in [0.05, 0.1) is 16.6 Å². The minimum Gasteiger partial charge on any atom is -0.393 e. The number of anilines is 1. The van der Waals surface area contributed by atoms with E-state index in [1.165, 1.54) is 0 Å². The topological polar surface area (TPSA) is 124 Å². The summed E-state index contributed by atoms with van der Waals surface area (Å²) in [6, 6.07) is 10.7. The molecule has 3 unspecified atom stereocenters. The van der Waals surface area contributed by atoms with Gasteiger partial charge in [-0.2, -0.15) is 0 Å². The largest absolute Gasteiger partial charge is 0.393 e. The number of rotatable bonds is 9. The van der Waals surface area contributed by atoms with Crippen molar-refractivity contribution in [3.8, 4) is 0 Å². The first-order valence-corrected chi connectivity index (χ1v) is 18.4. The lowest BCUT2D eigenvalue weighted by molar-refractivity contribution is -0.156. The molecule has 2 aromatic carbocycles. The van der Waals surface area contributed by atoms with Crippen molar-refractivity contribution < 1.29 is 28.2 Å². The standard InChI is InChI=1S/C36H50N2O6S/c1-34-19-18-28-33(29(22-39)36(42)21-24(40)17-20-35(28,36)2)27(34)16-15-23(34)9-5-6-14-32(41)37-45(43,44)31-13-8-10-25-26(31)11-7-12-30(25)38(3)4/h7-8,10-13,22-24,27-29,33,40,42H,5-6,9,14-21H2,1-4H3,(H,37,41)/t23-,24-,27?,28?,29+,33?,34+,35+,36+/m0/s1. The number of sulfonamides is 1. The maximum absolute atomic E-state index is 13.3. The third-order valence-corrected chi connectivity index (χ3v) is 14.5. The van der Waals surface area contributed by atoms with Crippen LogP contribution in [0.15, 0.2) is 41.3 Å². The van der Waals surface area contributed by atoms with Gasteiger partial charge >= 0.3 is 0 Å². The van der Waals surface area contributed by atoms with Crippen molar-refractivity contribution in [2.45, 2.75) is 101 Å². The normalized spacial score (nSPS) is 37.5. The smallest absolute Gasteiger partial charge is 0.264 e. The van der Waals surface area contributed by atoms with Crippen LogP contribution in [-0.4, -0.2) is 56.6 Å². The van der Waals surface area contributed by atoms with E-state index in [1.54, 1.807) is 18.2 Å². The molecule has 9 heteroatoms. The number of carbonyl (C=O) groups is 2. The Morgan fingerprint density at radius 1 is 1.00 bits per heavy atom. The molecule has 0 radical (unpaired) electrons. The Hall–Kier alpha value is -2.49. The zero-order chi connectivity index (χ0) is 32.4. The van der Waals surface area contributed by atoms with E-state index in [2.05, 4.69) is 18.6 Å². The number of aliphatic hydroxyl groups excluding tert-OH is 1. The predicted molar refractivity (Wildman–Crippen MR) is 175 cm³/mol. The van der Waals surface area contributed by atoms with Gasteiger partial charge in [0, 0.05) is 54.7 Å². The van der Waals surface area contributed by atoms with Gasteiger partial charge in [0.15, 0.2) is 0 Å². The van der Waals surface area contributed by atoms with Crippen molar-refractivity contribution in [3.05, 3.63) is 36.4 Å². The molecule has 3 N–H and O–H groups in total. The van der Waals surface area contributed by atoms with E-state index in [0.717, 1.165) is 62.3 Å². The highest BCUT2D eigenvalue weighted by molar-refractivity contribution is 7.90. The van der Waals surface area contributed by atoms with E-state index in [1.807, 2.05) is 37.2 Å². The summed E-state index contributed by atoms with van der Waals surface area (Å²) < 4.78 is 28.9. The monoisotopic (exact) mass is 638 g/mol. The van der Waals surface area contributed by atoms with Crippen molar-refractivity contribution in [2.24, 2.45) is 40.4 Å². The van der Waals surface area contributed by atoms with Crippen LogP contribution in [0.1, 0.15) is 84.5 Å². The summed E-state index contributed by atoms with van der Waals surface area (Å²) in [5.74, 6) is 0.349. The molecular weight excluding hydrogens is 588 g/mol. The van der Waals surface area contributed by atoms with E-state index in [9.17, 15) is 28.2 Å². The number of carbonyl (C=O) groups excluding carboxylic acids is 2. The molecule has 45 heavy (non-hydrogen) atoms. The van der Waals surface area contributed by atoms with Crippen molar-refractivity contribution in [2.75, 3.05) is 19.0 Å².